The van der Waals surface area contributed by atoms with Gasteiger partial charge in [-0.1, -0.05) is 23.4 Å². The van der Waals surface area contributed by atoms with Crippen molar-refractivity contribution >= 4 is 17.5 Å². The van der Waals surface area contributed by atoms with Crippen LogP contribution in [0.25, 0.3) is 0 Å². The van der Waals surface area contributed by atoms with E-state index in [-0.39, 0.29) is 24.7 Å². The maximum absolute atomic E-state index is 12.2. The minimum Gasteiger partial charge on any atom is -0.393 e. The highest BCUT2D eigenvalue weighted by atomic mass is 35.5. The Labute approximate surface area is 129 Å². The van der Waals surface area contributed by atoms with Gasteiger partial charge >= 0.3 is 0 Å². The van der Waals surface area contributed by atoms with Gasteiger partial charge in [-0.2, -0.15) is 0 Å². The molecular weight excluding hydrogens is 290 g/mol. The summed E-state index contributed by atoms with van der Waals surface area (Å²) in [6.45, 7) is -0.230. The van der Waals surface area contributed by atoms with Crippen LogP contribution in [0, 0.1) is 11.8 Å². The van der Waals surface area contributed by atoms with E-state index in [9.17, 15) is 9.90 Å². The molecule has 1 saturated carbocycles. The molecule has 4 nitrogen and oxygen atoms in total. The summed E-state index contributed by atoms with van der Waals surface area (Å²) >= 11 is 6.07. The van der Waals surface area contributed by atoms with E-state index in [2.05, 4.69) is 17.2 Å². The molecule has 1 aliphatic rings. The summed E-state index contributed by atoms with van der Waals surface area (Å²) in [6.07, 6.45) is 2.79. The fraction of sp³-hybridized carbons (Fsp3) is 0.438. The van der Waals surface area contributed by atoms with E-state index in [1.807, 2.05) is 0 Å². The molecule has 5 heteroatoms. The monoisotopic (exact) mass is 307 g/mol. The summed E-state index contributed by atoms with van der Waals surface area (Å²) in [5.74, 6) is 5.08. The number of carbonyl (C=O) groups is 1. The number of hydrogen-bond acceptors (Lipinski definition) is 3. The Balaban J connectivity index is 2.01. The average Bonchev–Trinajstić information content (AvgIpc) is 2.48. The van der Waals surface area contributed by atoms with Crippen LogP contribution >= 0.6 is 11.6 Å². The number of benzene rings is 1. The molecule has 0 atom stereocenters. The van der Waals surface area contributed by atoms with E-state index in [1.54, 1.807) is 18.2 Å². The molecule has 0 radical (unpaired) electrons. The third-order valence-corrected chi connectivity index (χ3v) is 3.88. The lowest BCUT2D eigenvalue weighted by Gasteiger charge is -2.26. The third-order valence-electron chi connectivity index (χ3n) is 3.57. The van der Waals surface area contributed by atoms with Gasteiger partial charge < -0.3 is 15.5 Å². The van der Waals surface area contributed by atoms with Crippen molar-refractivity contribution < 1.29 is 15.0 Å². The van der Waals surface area contributed by atoms with Gasteiger partial charge in [0, 0.05) is 17.2 Å². The molecule has 0 aromatic heterocycles. The number of carbonyl (C=O) groups excluding carboxylic acids is 1. The highest BCUT2D eigenvalue weighted by molar-refractivity contribution is 6.32. The van der Waals surface area contributed by atoms with Crippen LogP contribution in [-0.2, 0) is 0 Å². The first-order valence-electron chi connectivity index (χ1n) is 6.98. The van der Waals surface area contributed by atoms with Gasteiger partial charge in [0.1, 0.15) is 6.61 Å². The van der Waals surface area contributed by atoms with Crippen molar-refractivity contribution in [1.29, 1.82) is 0 Å². The number of amides is 1. The quantitative estimate of drug-likeness (QED) is 0.729. The van der Waals surface area contributed by atoms with Gasteiger partial charge in [-0.15, -0.1) is 0 Å². The zero-order valence-corrected chi connectivity index (χ0v) is 12.4. The first-order chi connectivity index (χ1) is 10.1. The predicted octanol–water partition coefficient (Wildman–Crippen LogP) is 1.72. The number of nitrogens with one attached hydrogen (secondary N) is 1. The minimum atomic E-state index is -0.239. The van der Waals surface area contributed by atoms with Crippen LogP contribution in [0.5, 0.6) is 0 Å². The molecular formula is C16H18ClNO3. The van der Waals surface area contributed by atoms with E-state index in [4.69, 9.17) is 16.7 Å². The Morgan fingerprint density at radius 2 is 2.05 bits per heavy atom. The second-order valence-electron chi connectivity index (χ2n) is 5.13. The number of halogens is 1. The number of rotatable bonds is 2. The van der Waals surface area contributed by atoms with Gasteiger partial charge in [-0.3, -0.25) is 4.79 Å². The summed E-state index contributed by atoms with van der Waals surface area (Å²) in [6, 6.07) is 5.02. The van der Waals surface area contributed by atoms with Crippen LogP contribution in [0.3, 0.4) is 0 Å². The second-order valence-corrected chi connectivity index (χ2v) is 5.54. The number of hydrogen-bond donors (Lipinski definition) is 3. The fourth-order valence-corrected chi connectivity index (χ4v) is 2.61. The smallest absolute Gasteiger partial charge is 0.251 e. The summed E-state index contributed by atoms with van der Waals surface area (Å²) in [7, 11) is 0. The maximum Gasteiger partial charge on any atom is 0.251 e. The van der Waals surface area contributed by atoms with E-state index in [0.717, 1.165) is 25.7 Å². The van der Waals surface area contributed by atoms with Crippen molar-refractivity contribution in [3.05, 3.63) is 34.3 Å². The van der Waals surface area contributed by atoms with Crippen LogP contribution in [-0.4, -0.2) is 34.9 Å². The van der Waals surface area contributed by atoms with E-state index < -0.39 is 0 Å². The van der Waals surface area contributed by atoms with Crippen LogP contribution in [0.1, 0.15) is 41.6 Å². The summed E-state index contributed by atoms with van der Waals surface area (Å²) in [5.41, 5.74) is 1.07. The molecule has 0 bridgehead atoms. The van der Waals surface area contributed by atoms with Crippen molar-refractivity contribution in [2.75, 3.05) is 6.61 Å². The van der Waals surface area contributed by atoms with Crippen LogP contribution in [0.15, 0.2) is 18.2 Å². The van der Waals surface area contributed by atoms with Gasteiger partial charge in [0.05, 0.1) is 11.1 Å². The van der Waals surface area contributed by atoms with Crippen LogP contribution in [0.4, 0.5) is 0 Å². The number of aliphatic hydroxyl groups excluding tert-OH is 2. The summed E-state index contributed by atoms with van der Waals surface area (Å²) in [5, 5.41) is 21.5. The van der Waals surface area contributed by atoms with Gasteiger partial charge in [0.25, 0.3) is 5.91 Å². The molecule has 0 heterocycles. The Kier molecular flexibility index (Phi) is 5.63. The van der Waals surface area contributed by atoms with Gasteiger partial charge in [0.15, 0.2) is 0 Å². The lowest BCUT2D eigenvalue weighted by atomic mass is 9.93. The molecule has 0 aliphatic heterocycles. The van der Waals surface area contributed by atoms with Gasteiger partial charge in [-0.05, 0) is 43.9 Å². The zero-order valence-electron chi connectivity index (χ0n) is 11.6. The predicted molar refractivity (Wildman–Crippen MR) is 81.1 cm³/mol. The highest BCUT2D eigenvalue weighted by Gasteiger charge is 2.21. The largest absolute Gasteiger partial charge is 0.393 e. The van der Waals surface area contributed by atoms with Crippen molar-refractivity contribution in [3.63, 3.8) is 0 Å². The molecule has 21 heavy (non-hydrogen) atoms. The Morgan fingerprint density at radius 3 is 2.67 bits per heavy atom. The fourth-order valence-electron chi connectivity index (χ4n) is 2.38. The molecule has 3 N–H and O–H groups in total. The average molecular weight is 308 g/mol. The molecule has 0 spiro atoms. The normalized spacial score (nSPS) is 21.3. The van der Waals surface area contributed by atoms with E-state index in [1.165, 1.54) is 0 Å². The Morgan fingerprint density at radius 1 is 1.33 bits per heavy atom. The lowest BCUT2D eigenvalue weighted by Crippen LogP contribution is -2.38. The first-order valence-corrected chi connectivity index (χ1v) is 7.36. The Bertz CT molecular complexity index is 569. The molecule has 1 amide bonds. The van der Waals surface area contributed by atoms with Crippen molar-refractivity contribution in [2.45, 2.75) is 37.8 Å². The molecule has 0 unspecified atom stereocenters. The zero-order chi connectivity index (χ0) is 15.2. The highest BCUT2D eigenvalue weighted by Crippen LogP contribution is 2.20. The van der Waals surface area contributed by atoms with E-state index in [0.29, 0.717) is 16.1 Å². The van der Waals surface area contributed by atoms with Crippen molar-refractivity contribution in [1.82, 2.24) is 5.32 Å². The Hall–Kier alpha value is -1.54. The van der Waals surface area contributed by atoms with Gasteiger partial charge in [0.2, 0.25) is 0 Å². The van der Waals surface area contributed by atoms with Crippen molar-refractivity contribution in [3.8, 4) is 11.8 Å². The molecule has 1 aliphatic carbocycles. The summed E-state index contributed by atoms with van der Waals surface area (Å²) in [4.78, 5) is 12.2. The van der Waals surface area contributed by atoms with E-state index >= 15 is 0 Å². The minimum absolute atomic E-state index is 0.105. The number of aliphatic hydroxyl groups is 2. The van der Waals surface area contributed by atoms with Crippen molar-refractivity contribution in [2.24, 2.45) is 0 Å². The SMILES string of the molecule is O=C(NC1CCC(O)CC1)c1ccc(C#CCO)c(Cl)c1. The van der Waals surface area contributed by atoms with Crippen LogP contribution in [0.2, 0.25) is 5.02 Å². The lowest BCUT2D eigenvalue weighted by molar-refractivity contribution is 0.0867. The third kappa shape index (κ3) is 4.47. The molecule has 1 aromatic rings. The molecule has 2 rings (SSSR count). The first kappa shape index (κ1) is 15.8. The van der Waals surface area contributed by atoms with Gasteiger partial charge in [-0.25, -0.2) is 0 Å². The second kappa shape index (κ2) is 7.46. The molecule has 1 aromatic carbocycles. The van der Waals surface area contributed by atoms with Crippen LogP contribution < -0.4 is 5.32 Å². The summed E-state index contributed by atoms with van der Waals surface area (Å²) < 4.78 is 0. The molecule has 0 saturated heterocycles. The molecule has 112 valence electrons. The standard InChI is InChI=1S/C16H18ClNO3/c17-15-10-12(4-3-11(15)2-1-9-19)16(21)18-13-5-7-14(20)8-6-13/h3-4,10,13-14,19-20H,5-9H2,(H,18,21). The topological polar surface area (TPSA) is 69.6 Å². The maximum atomic E-state index is 12.2. The molecule has 1 fully saturated rings.